The lowest BCUT2D eigenvalue weighted by molar-refractivity contribution is 0.0939. The second-order valence-electron chi connectivity index (χ2n) is 9.99. The van der Waals surface area contributed by atoms with E-state index in [1.54, 1.807) is 20.4 Å². The van der Waals surface area contributed by atoms with Crippen LogP contribution in [0.3, 0.4) is 0 Å². The molecule has 1 atom stereocenters. The SMILES string of the molecule is CN=CC(=CN)c1cc([C@@H](C)NC(=O)c2cc(N3CC(N(C)C)C3)ccc2C)cc(OC)c1OC(C)C. The van der Waals surface area contributed by atoms with Crippen molar-refractivity contribution in [1.29, 1.82) is 0 Å². The molecule has 8 heteroatoms. The molecule has 0 saturated carbocycles. The molecule has 1 amide bonds. The van der Waals surface area contributed by atoms with Gasteiger partial charge in [-0.15, -0.1) is 0 Å². The number of carbonyl (C=O) groups excluding carboxylic acids is 1. The van der Waals surface area contributed by atoms with Crippen LogP contribution in [0.1, 0.15) is 53.9 Å². The molecule has 37 heavy (non-hydrogen) atoms. The monoisotopic (exact) mass is 507 g/mol. The number of carbonyl (C=O) groups is 1. The van der Waals surface area contributed by atoms with E-state index in [1.165, 1.54) is 6.20 Å². The van der Waals surface area contributed by atoms with E-state index < -0.39 is 0 Å². The highest BCUT2D eigenvalue weighted by Gasteiger charge is 2.29. The van der Waals surface area contributed by atoms with Gasteiger partial charge in [0.1, 0.15) is 0 Å². The fraction of sp³-hybridized carbons (Fsp3) is 0.448. The molecule has 0 bridgehead atoms. The van der Waals surface area contributed by atoms with Crippen molar-refractivity contribution in [1.82, 2.24) is 10.2 Å². The Labute approximate surface area is 221 Å². The number of benzene rings is 2. The zero-order valence-corrected chi connectivity index (χ0v) is 23.3. The lowest BCUT2D eigenvalue weighted by Gasteiger charge is -2.44. The van der Waals surface area contributed by atoms with Crippen LogP contribution >= 0.6 is 0 Å². The summed E-state index contributed by atoms with van der Waals surface area (Å²) in [4.78, 5) is 22.1. The van der Waals surface area contributed by atoms with Crippen molar-refractivity contribution >= 4 is 23.4 Å². The zero-order valence-electron chi connectivity index (χ0n) is 23.3. The number of nitrogens with two attached hydrogens (primary N) is 1. The number of allylic oxidation sites excluding steroid dienone is 1. The minimum absolute atomic E-state index is 0.0668. The molecule has 2 aromatic rings. The Bertz CT molecular complexity index is 1170. The van der Waals surface area contributed by atoms with Crippen LogP contribution in [0.25, 0.3) is 5.57 Å². The number of nitrogens with zero attached hydrogens (tertiary/aromatic N) is 3. The number of aryl methyl sites for hydroxylation is 1. The van der Waals surface area contributed by atoms with Crippen LogP contribution in [0, 0.1) is 6.92 Å². The molecule has 0 aliphatic carbocycles. The fourth-order valence-electron chi connectivity index (χ4n) is 4.34. The van der Waals surface area contributed by atoms with E-state index in [4.69, 9.17) is 15.2 Å². The standard InChI is InChI=1S/C29H41N5O3/c1-18(2)37-28-26(22(14-30)15-31-5)11-21(12-27(28)36-8)20(4)32-29(35)25-13-23(10-9-19(25)3)34-16-24(17-34)33(6)7/h9-15,18,20,24H,16-17,30H2,1-8H3,(H,32,35)/t20-/m1/s1. The molecule has 1 aliphatic heterocycles. The number of hydrogen-bond donors (Lipinski definition) is 2. The Morgan fingerprint density at radius 3 is 2.46 bits per heavy atom. The summed E-state index contributed by atoms with van der Waals surface area (Å²) in [5.74, 6) is 1.03. The summed E-state index contributed by atoms with van der Waals surface area (Å²) in [6.45, 7) is 9.74. The minimum atomic E-state index is -0.295. The van der Waals surface area contributed by atoms with Crippen molar-refractivity contribution in [3.8, 4) is 11.5 Å². The molecule has 1 fully saturated rings. The number of aliphatic imine (C=N–C) groups is 1. The van der Waals surface area contributed by atoms with E-state index in [1.807, 2.05) is 52.0 Å². The van der Waals surface area contributed by atoms with Crippen LogP contribution in [-0.2, 0) is 0 Å². The number of methoxy groups -OCH3 is 1. The average Bonchev–Trinajstić information content (AvgIpc) is 2.82. The van der Waals surface area contributed by atoms with Gasteiger partial charge < -0.3 is 30.3 Å². The maximum Gasteiger partial charge on any atom is 0.252 e. The Balaban J connectivity index is 1.89. The van der Waals surface area contributed by atoms with E-state index in [2.05, 4.69) is 40.3 Å². The van der Waals surface area contributed by atoms with Crippen LogP contribution in [0.5, 0.6) is 11.5 Å². The molecule has 0 spiro atoms. The molecule has 3 N–H and O–H groups in total. The maximum atomic E-state index is 13.4. The second-order valence-corrected chi connectivity index (χ2v) is 9.99. The van der Waals surface area contributed by atoms with Crippen LogP contribution in [0.4, 0.5) is 5.69 Å². The largest absolute Gasteiger partial charge is 0.493 e. The van der Waals surface area contributed by atoms with E-state index in [0.29, 0.717) is 28.7 Å². The van der Waals surface area contributed by atoms with Gasteiger partial charge in [-0.3, -0.25) is 9.79 Å². The van der Waals surface area contributed by atoms with E-state index in [9.17, 15) is 4.79 Å². The molecule has 0 aromatic heterocycles. The van der Waals surface area contributed by atoms with E-state index >= 15 is 0 Å². The maximum absolute atomic E-state index is 13.4. The summed E-state index contributed by atoms with van der Waals surface area (Å²) in [6.07, 6.45) is 3.11. The third-order valence-electron chi connectivity index (χ3n) is 6.68. The molecular weight excluding hydrogens is 466 g/mol. The van der Waals surface area contributed by atoms with Gasteiger partial charge in [0.25, 0.3) is 5.91 Å². The number of amides is 1. The molecule has 1 heterocycles. The van der Waals surface area contributed by atoms with Crippen molar-refractivity contribution < 1.29 is 14.3 Å². The Kier molecular flexibility index (Phi) is 9.21. The van der Waals surface area contributed by atoms with Gasteiger partial charge in [-0.05, 0) is 77.2 Å². The zero-order chi connectivity index (χ0) is 27.3. The summed E-state index contributed by atoms with van der Waals surface area (Å²) >= 11 is 0. The number of ether oxygens (including phenoxy) is 2. The van der Waals surface area contributed by atoms with Crippen molar-refractivity contribution in [3.05, 3.63) is 58.8 Å². The summed E-state index contributed by atoms with van der Waals surface area (Å²) < 4.78 is 11.8. The first-order chi connectivity index (χ1) is 17.6. The van der Waals surface area contributed by atoms with Gasteiger partial charge in [0.15, 0.2) is 11.5 Å². The molecule has 1 aliphatic rings. The second kappa shape index (κ2) is 12.1. The smallest absolute Gasteiger partial charge is 0.252 e. The highest BCUT2D eigenvalue weighted by molar-refractivity contribution is 6.11. The van der Waals surface area contributed by atoms with E-state index in [0.717, 1.165) is 35.5 Å². The van der Waals surface area contributed by atoms with Crippen molar-refractivity contribution in [2.75, 3.05) is 46.2 Å². The van der Waals surface area contributed by atoms with Crippen LogP contribution in [-0.4, -0.2) is 70.5 Å². The molecule has 0 unspecified atom stereocenters. The fourth-order valence-corrected chi connectivity index (χ4v) is 4.34. The van der Waals surface area contributed by atoms with Crippen molar-refractivity contribution in [2.24, 2.45) is 10.7 Å². The van der Waals surface area contributed by atoms with E-state index in [-0.39, 0.29) is 18.1 Å². The predicted octanol–water partition coefficient (Wildman–Crippen LogP) is 4.03. The van der Waals surface area contributed by atoms with Gasteiger partial charge in [0.2, 0.25) is 0 Å². The quantitative estimate of drug-likeness (QED) is 0.472. The number of nitrogens with one attached hydrogen (secondary N) is 1. The van der Waals surface area contributed by atoms with Crippen LogP contribution < -0.4 is 25.4 Å². The number of rotatable bonds is 10. The third-order valence-corrected chi connectivity index (χ3v) is 6.68. The highest BCUT2D eigenvalue weighted by Crippen LogP contribution is 2.39. The van der Waals surface area contributed by atoms with Crippen LogP contribution in [0.2, 0.25) is 0 Å². The summed E-state index contributed by atoms with van der Waals surface area (Å²) in [5, 5.41) is 3.16. The lowest BCUT2D eigenvalue weighted by Crippen LogP contribution is -2.57. The molecule has 0 radical (unpaired) electrons. The highest BCUT2D eigenvalue weighted by atomic mass is 16.5. The summed E-state index contributed by atoms with van der Waals surface area (Å²) in [6, 6.07) is 10.2. The first-order valence-electron chi connectivity index (χ1n) is 12.6. The van der Waals surface area contributed by atoms with Gasteiger partial charge in [0, 0.05) is 61.0 Å². The van der Waals surface area contributed by atoms with Crippen molar-refractivity contribution in [3.63, 3.8) is 0 Å². The summed E-state index contributed by atoms with van der Waals surface area (Å²) in [7, 11) is 7.49. The lowest BCUT2D eigenvalue weighted by atomic mass is 9.98. The van der Waals surface area contributed by atoms with Gasteiger partial charge in [-0.25, -0.2) is 0 Å². The predicted molar refractivity (Wildman–Crippen MR) is 152 cm³/mol. The Morgan fingerprint density at radius 1 is 1.19 bits per heavy atom. The number of hydrogen-bond acceptors (Lipinski definition) is 7. The van der Waals surface area contributed by atoms with Gasteiger partial charge in [0.05, 0.1) is 19.3 Å². The first kappa shape index (κ1) is 28.1. The molecule has 3 rings (SSSR count). The summed E-state index contributed by atoms with van der Waals surface area (Å²) in [5.41, 5.74) is 10.9. The minimum Gasteiger partial charge on any atom is -0.493 e. The Morgan fingerprint density at radius 2 is 1.89 bits per heavy atom. The van der Waals surface area contributed by atoms with Crippen LogP contribution in [0.15, 0.2) is 41.5 Å². The molecule has 8 nitrogen and oxygen atoms in total. The van der Waals surface area contributed by atoms with Gasteiger partial charge in [-0.1, -0.05) is 6.07 Å². The average molecular weight is 508 g/mol. The number of likely N-dealkylation sites (N-methyl/N-ethyl adjacent to an activating group) is 1. The number of anilines is 1. The first-order valence-corrected chi connectivity index (χ1v) is 12.6. The van der Waals surface area contributed by atoms with Gasteiger partial charge >= 0.3 is 0 Å². The third kappa shape index (κ3) is 6.43. The molecule has 2 aromatic carbocycles. The Hall–Kier alpha value is -3.52. The van der Waals surface area contributed by atoms with Crippen molar-refractivity contribution in [2.45, 2.75) is 45.9 Å². The topological polar surface area (TPSA) is 92.4 Å². The molecule has 200 valence electrons. The normalized spacial score (nSPS) is 15.3. The molecule has 1 saturated heterocycles. The molecular formula is C29H41N5O3. The van der Waals surface area contributed by atoms with Gasteiger partial charge in [-0.2, -0.15) is 0 Å².